The van der Waals surface area contributed by atoms with Gasteiger partial charge in [0.05, 0.1) is 0 Å². The normalized spacial score (nSPS) is 11.2. The summed E-state index contributed by atoms with van der Waals surface area (Å²) in [7, 11) is 0. The predicted molar refractivity (Wildman–Crippen MR) is 87.8 cm³/mol. The van der Waals surface area contributed by atoms with Crippen molar-refractivity contribution in [3.05, 3.63) is 34.7 Å². The maximum absolute atomic E-state index is 11.5. The quantitative estimate of drug-likeness (QED) is 0.721. The number of benzene rings is 1. The number of ether oxygens (including phenoxy) is 1. The van der Waals surface area contributed by atoms with Crippen LogP contribution in [-0.2, 0) is 4.74 Å². The smallest absolute Gasteiger partial charge is 0.413 e. The number of nitrogens with zero attached hydrogens (tertiary/aromatic N) is 1. The molecule has 0 unspecified atom stereocenters. The second-order valence-corrected chi connectivity index (χ2v) is 7.94. The van der Waals surface area contributed by atoms with Gasteiger partial charge in [0.1, 0.15) is 16.6 Å². The van der Waals surface area contributed by atoms with Crippen molar-refractivity contribution in [2.45, 2.75) is 3.79 Å². The maximum atomic E-state index is 11.5. The molecule has 0 bridgehead atoms. The fraction of sp³-hybridized carbons (Fsp3) is 0.167. The zero-order chi connectivity index (χ0) is 15.5. The lowest BCUT2D eigenvalue weighted by Gasteiger charge is -2.10. The molecule has 0 atom stereocenters. The van der Waals surface area contributed by atoms with Crippen LogP contribution in [0.3, 0.4) is 0 Å². The molecule has 1 N–H and O–H groups in total. The summed E-state index contributed by atoms with van der Waals surface area (Å²) >= 11 is 23.7. The average molecular weight is 386 g/mol. The van der Waals surface area contributed by atoms with E-state index in [4.69, 9.17) is 51.1 Å². The van der Waals surface area contributed by atoms with E-state index in [1.165, 1.54) is 0 Å². The number of carbonyl (C=O) groups excluding carboxylic acids is 1. The third-order valence-electron chi connectivity index (χ3n) is 2.21. The Hall–Kier alpha value is -0.720. The van der Waals surface area contributed by atoms with Crippen LogP contribution >= 0.6 is 57.7 Å². The minimum Gasteiger partial charge on any atom is -0.445 e. The molecule has 2 rings (SSSR count). The lowest BCUT2D eigenvalue weighted by molar-refractivity contribution is 0.164. The minimum absolute atomic E-state index is 0.299. The first-order chi connectivity index (χ1) is 9.85. The first-order valence-electron chi connectivity index (χ1n) is 5.57. The molecule has 0 spiro atoms. The van der Waals surface area contributed by atoms with Crippen LogP contribution in [0.5, 0.6) is 0 Å². The van der Waals surface area contributed by atoms with E-state index in [0.717, 1.165) is 16.9 Å². The summed E-state index contributed by atoms with van der Waals surface area (Å²) < 4.78 is 3.54. The van der Waals surface area contributed by atoms with E-state index in [-0.39, 0.29) is 6.61 Å². The Kier molecular flexibility index (Phi) is 5.57. The van der Waals surface area contributed by atoms with E-state index >= 15 is 0 Å². The number of carbonyl (C=O) groups is 1. The molecule has 0 aliphatic rings. The molecule has 1 amide bonds. The lowest BCUT2D eigenvalue weighted by Crippen LogP contribution is -2.21. The maximum Gasteiger partial charge on any atom is 0.413 e. The van der Waals surface area contributed by atoms with Gasteiger partial charge in [-0.05, 0) is 0 Å². The van der Waals surface area contributed by atoms with Gasteiger partial charge in [0.2, 0.25) is 3.79 Å². The van der Waals surface area contributed by atoms with E-state index in [0.29, 0.717) is 15.2 Å². The Labute approximate surface area is 144 Å². The third kappa shape index (κ3) is 5.20. The number of alkyl halides is 3. The molecule has 21 heavy (non-hydrogen) atoms. The molecule has 2 aromatic rings. The molecule has 0 saturated heterocycles. The zero-order valence-corrected chi connectivity index (χ0v) is 14.1. The van der Waals surface area contributed by atoms with Crippen LogP contribution in [0.4, 0.5) is 9.93 Å². The SMILES string of the molecule is O=C(Nc1nc(-c2ccccc2)c(Cl)s1)OCC(Cl)(Cl)Cl. The van der Waals surface area contributed by atoms with E-state index in [1.807, 2.05) is 30.3 Å². The van der Waals surface area contributed by atoms with Gasteiger partial charge in [-0.15, -0.1) is 0 Å². The fourth-order valence-electron chi connectivity index (χ4n) is 1.40. The Bertz CT molecular complexity index is 628. The molecule has 1 aromatic carbocycles. The largest absolute Gasteiger partial charge is 0.445 e. The van der Waals surface area contributed by atoms with Gasteiger partial charge < -0.3 is 4.74 Å². The Balaban J connectivity index is 2.04. The van der Waals surface area contributed by atoms with Crippen LogP contribution in [-0.4, -0.2) is 21.5 Å². The van der Waals surface area contributed by atoms with Gasteiger partial charge >= 0.3 is 6.09 Å². The average Bonchev–Trinajstić information content (AvgIpc) is 2.77. The summed E-state index contributed by atoms with van der Waals surface area (Å²) in [4.78, 5) is 15.8. The van der Waals surface area contributed by atoms with Crippen molar-refractivity contribution in [3.63, 3.8) is 0 Å². The van der Waals surface area contributed by atoms with E-state index in [2.05, 4.69) is 10.3 Å². The monoisotopic (exact) mass is 384 g/mol. The Morgan fingerprint density at radius 3 is 2.57 bits per heavy atom. The number of hydrogen-bond acceptors (Lipinski definition) is 4. The number of thiazole rings is 1. The van der Waals surface area contributed by atoms with Gasteiger partial charge in [0.25, 0.3) is 0 Å². The molecule has 0 aliphatic carbocycles. The number of hydrogen-bond donors (Lipinski definition) is 1. The van der Waals surface area contributed by atoms with E-state index in [9.17, 15) is 4.79 Å². The molecule has 0 radical (unpaired) electrons. The first-order valence-corrected chi connectivity index (χ1v) is 7.90. The summed E-state index contributed by atoms with van der Waals surface area (Å²) in [6, 6.07) is 9.36. The molecule has 0 aliphatic heterocycles. The molecule has 1 heterocycles. The number of amides is 1. The van der Waals surface area contributed by atoms with Crippen LogP contribution in [0.15, 0.2) is 30.3 Å². The molecular weight excluding hydrogens is 378 g/mol. The van der Waals surface area contributed by atoms with Crippen molar-refractivity contribution in [2.24, 2.45) is 0 Å². The predicted octanol–water partition coefficient (Wildman–Crippen LogP) is 5.38. The van der Waals surface area contributed by atoms with Crippen LogP contribution in [0.1, 0.15) is 0 Å². The van der Waals surface area contributed by atoms with Crippen molar-refractivity contribution >= 4 is 69.0 Å². The van der Waals surface area contributed by atoms with Gasteiger partial charge in [0, 0.05) is 5.56 Å². The third-order valence-corrected chi connectivity index (χ3v) is 3.71. The summed E-state index contributed by atoms with van der Waals surface area (Å²) in [5.41, 5.74) is 1.43. The van der Waals surface area contributed by atoms with Crippen molar-refractivity contribution in [2.75, 3.05) is 11.9 Å². The molecule has 9 heteroatoms. The van der Waals surface area contributed by atoms with Gasteiger partial charge in [-0.3, -0.25) is 5.32 Å². The lowest BCUT2D eigenvalue weighted by atomic mass is 10.2. The summed E-state index contributed by atoms with van der Waals surface area (Å²) in [6.07, 6.45) is -0.772. The topological polar surface area (TPSA) is 51.2 Å². The van der Waals surface area contributed by atoms with Crippen LogP contribution in [0.2, 0.25) is 4.34 Å². The van der Waals surface area contributed by atoms with E-state index in [1.54, 1.807) is 0 Å². The fourth-order valence-corrected chi connectivity index (χ4v) is 2.64. The minimum atomic E-state index is -1.66. The number of nitrogens with one attached hydrogen (secondary N) is 1. The summed E-state index contributed by atoms with van der Waals surface area (Å²) in [6.45, 7) is -0.367. The second-order valence-electron chi connectivity index (χ2n) is 3.82. The van der Waals surface area contributed by atoms with Gasteiger partial charge in [-0.1, -0.05) is 88.1 Å². The molecule has 1 aromatic heterocycles. The number of aromatic nitrogens is 1. The summed E-state index contributed by atoms with van der Waals surface area (Å²) in [5, 5.41) is 2.73. The highest BCUT2D eigenvalue weighted by Crippen LogP contribution is 2.35. The van der Waals surface area contributed by atoms with Crippen molar-refractivity contribution < 1.29 is 9.53 Å². The van der Waals surface area contributed by atoms with Gasteiger partial charge in [0.15, 0.2) is 5.13 Å². The van der Waals surface area contributed by atoms with Gasteiger partial charge in [-0.25, -0.2) is 9.78 Å². The molecule has 0 fully saturated rings. The number of halogens is 4. The van der Waals surface area contributed by atoms with Crippen LogP contribution in [0, 0.1) is 0 Å². The standard InChI is InChI=1S/C12H8Cl4N2O2S/c13-9-8(7-4-2-1-3-5-7)17-10(21-9)18-11(19)20-6-12(14,15)16/h1-5H,6H2,(H,17,18,19). The van der Waals surface area contributed by atoms with Gasteiger partial charge in [-0.2, -0.15) is 0 Å². The number of rotatable bonds is 3. The highest BCUT2D eigenvalue weighted by molar-refractivity contribution is 7.20. The van der Waals surface area contributed by atoms with E-state index < -0.39 is 9.89 Å². The molecule has 0 saturated carbocycles. The summed E-state index contributed by atoms with van der Waals surface area (Å²) in [5.74, 6) is 0. The highest BCUT2D eigenvalue weighted by atomic mass is 35.6. The number of anilines is 1. The zero-order valence-electron chi connectivity index (χ0n) is 10.3. The van der Waals surface area contributed by atoms with Crippen molar-refractivity contribution in [1.82, 2.24) is 4.98 Å². The molecular formula is C12H8Cl4N2O2S. The highest BCUT2D eigenvalue weighted by Gasteiger charge is 2.22. The van der Waals surface area contributed by atoms with Crippen LogP contribution < -0.4 is 5.32 Å². The molecule has 112 valence electrons. The first kappa shape index (κ1) is 16.6. The van der Waals surface area contributed by atoms with Crippen LogP contribution in [0.25, 0.3) is 11.3 Å². The Morgan fingerprint density at radius 2 is 1.95 bits per heavy atom. The van der Waals surface area contributed by atoms with Crippen molar-refractivity contribution in [3.8, 4) is 11.3 Å². The Morgan fingerprint density at radius 1 is 1.29 bits per heavy atom. The second kappa shape index (κ2) is 7.03. The van der Waals surface area contributed by atoms with Crippen molar-refractivity contribution in [1.29, 1.82) is 0 Å². The molecule has 4 nitrogen and oxygen atoms in total.